The quantitative estimate of drug-likeness (QED) is 0.0722. The largest absolute Gasteiger partial charge is 0.454 e. The van der Waals surface area contributed by atoms with Crippen LogP contribution >= 0.6 is 11.6 Å². The van der Waals surface area contributed by atoms with Gasteiger partial charge in [-0.2, -0.15) is 0 Å². The number of nitrogens with zero attached hydrogens (tertiary/aromatic N) is 5. The van der Waals surface area contributed by atoms with E-state index >= 15 is 0 Å². The van der Waals surface area contributed by atoms with Crippen molar-refractivity contribution in [3.8, 4) is 79.5 Å². The van der Waals surface area contributed by atoms with Gasteiger partial charge < -0.3 is 53.5 Å². The van der Waals surface area contributed by atoms with E-state index in [9.17, 15) is 19.2 Å². The molecular weight excluding hydrogens is 1440 g/mol. The molecule has 6 aromatic heterocycles. The number of benzene rings is 6. The van der Waals surface area contributed by atoms with Gasteiger partial charge in [-0.15, -0.1) is 0 Å². The summed E-state index contributed by atoms with van der Waals surface area (Å²) < 4.78 is 43.4. The summed E-state index contributed by atoms with van der Waals surface area (Å²) in [5, 5.41) is 7.77. The van der Waals surface area contributed by atoms with Gasteiger partial charge in [0.15, 0.2) is 46.0 Å². The average molecular weight is 1530 g/mol. The van der Waals surface area contributed by atoms with Crippen LogP contribution in [0.2, 0.25) is 5.02 Å². The smallest absolute Gasteiger partial charge is 0.236 e. The monoisotopic (exact) mass is 1530 g/mol. The molecule has 0 radical (unpaired) electrons. The molecule has 570 valence electrons. The summed E-state index contributed by atoms with van der Waals surface area (Å²) in [7, 11) is 0. The number of aromatic nitrogens is 6. The predicted octanol–water partition coefficient (Wildman–Crippen LogP) is 18.6. The number of pyridine rings is 5. The minimum atomic E-state index is -0.525. The zero-order chi connectivity index (χ0) is 76.7. The van der Waals surface area contributed by atoms with Crippen LogP contribution in [0.1, 0.15) is 125 Å². The van der Waals surface area contributed by atoms with Crippen molar-refractivity contribution in [1.82, 2.24) is 29.9 Å². The molecule has 0 spiro atoms. The number of ketones is 2. The minimum Gasteiger partial charge on any atom is -0.454 e. The number of allylic oxidation sites excluding steroid dienone is 2. The summed E-state index contributed by atoms with van der Waals surface area (Å²) in [5.74, 6) is 7.38. The second-order valence-electron chi connectivity index (χ2n) is 30.0. The van der Waals surface area contributed by atoms with Gasteiger partial charge in [-0.05, 0) is 232 Å². The number of amides is 2. The van der Waals surface area contributed by atoms with Gasteiger partial charge in [0.1, 0.15) is 23.2 Å². The Morgan fingerprint density at radius 3 is 1.39 bits per heavy atom. The van der Waals surface area contributed by atoms with Crippen molar-refractivity contribution < 1.29 is 59.9 Å². The fraction of sp³-hybridized carbons (Fsp3) is 0.250. The van der Waals surface area contributed by atoms with Crippen LogP contribution in [0.4, 0.5) is 11.6 Å². The molecule has 0 atom stereocenters. The van der Waals surface area contributed by atoms with Crippen molar-refractivity contribution >= 4 is 63.1 Å². The summed E-state index contributed by atoms with van der Waals surface area (Å²) in [4.78, 5) is 78.0. The molecule has 0 saturated heterocycles. The van der Waals surface area contributed by atoms with Gasteiger partial charge in [-0.25, -0.2) is 9.97 Å². The molecule has 4 saturated carbocycles. The van der Waals surface area contributed by atoms with Gasteiger partial charge in [0.2, 0.25) is 39.0 Å². The van der Waals surface area contributed by atoms with Gasteiger partial charge in [0.25, 0.3) is 0 Å². The lowest BCUT2D eigenvalue weighted by Gasteiger charge is -2.17. The molecule has 5 aliphatic carbocycles. The number of carbonyl (C=O) groups excluding carboxylic acids is 4. The standard InChI is InChI=1S/C24H19N3O3.C24H21NO3.C22H17ClN2O3.C22H22N2O3.2H2/c28-23(24(9-10-24)17-5-7-20-21(13-17)30-14-29-20)27-22-3-1-2-19(26-22)15-4-6-18-16(12-15)8-11-25-18;1-16-4-2-3-5-20(16)17-6-8-19(25-14-17)13-23(26)24(10-11-24)18-7-9-21-22(12-18)28-15-27-21;23-18-12-24-8-5-17(18)14-1-3-16(25-11-14)10-21(26)22(6-7-22)15-2-4-19-20(9-15)28-13-27-19;25-21(22(11-12-22)16-9-10-18-19(13-16)27-14-26-18)24-20-8-4-7-17(23-20)15-5-2-1-3-6-15;;/h1-8,11-13,25H,9-10,14H2,(H,26,27,28);2-9,12,14H,10-11,13,15H2,1H3;1-5,8-9,11-12H,6-7,10,13H2;4-5,7-10,13H,1-3,6,11-12,14H2,(H,23,24,25);2*1H. The maximum atomic E-state index is 13.2. The highest BCUT2D eigenvalue weighted by atomic mass is 35.5. The number of ether oxygens (including phenoxy) is 8. The van der Waals surface area contributed by atoms with E-state index in [2.05, 4.69) is 77.8 Å². The molecule has 21 heteroatoms. The Morgan fingerprint density at radius 2 is 0.920 bits per heavy atom. The molecule has 4 fully saturated rings. The van der Waals surface area contributed by atoms with Crippen molar-refractivity contribution in [1.29, 1.82) is 0 Å². The van der Waals surface area contributed by atoms with Gasteiger partial charge in [0, 0.05) is 91.2 Å². The molecule has 20 nitrogen and oxygen atoms in total. The highest BCUT2D eigenvalue weighted by molar-refractivity contribution is 6.33. The van der Waals surface area contributed by atoms with Gasteiger partial charge in [-0.1, -0.05) is 96.5 Å². The fourth-order valence-electron chi connectivity index (χ4n) is 15.7. The molecule has 21 rings (SSSR count). The zero-order valence-electron chi connectivity index (χ0n) is 62.1. The first-order valence-corrected chi connectivity index (χ1v) is 38.7. The van der Waals surface area contributed by atoms with Crippen LogP contribution in [-0.4, -0.2) is 80.5 Å². The Hall–Kier alpha value is -12.7. The van der Waals surface area contributed by atoms with Crippen LogP contribution in [0, 0.1) is 6.92 Å². The lowest BCUT2D eigenvalue weighted by molar-refractivity contribution is -0.121. The van der Waals surface area contributed by atoms with Crippen molar-refractivity contribution in [3.63, 3.8) is 0 Å². The molecule has 6 aromatic carbocycles. The Bertz CT molecular complexity index is 5570. The molecular formula is C92H83ClN8O12. The van der Waals surface area contributed by atoms with Crippen LogP contribution < -0.4 is 48.5 Å². The van der Waals surface area contributed by atoms with E-state index in [1.165, 1.54) is 29.5 Å². The third kappa shape index (κ3) is 14.8. The van der Waals surface area contributed by atoms with E-state index < -0.39 is 21.7 Å². The Morgan fingerprint density at radius 1 is 0.451 bits per heavy atom. The lowest BCUT2D eigenvalue weighted by Crippen LogP contribution is -2.28. The number of hydrogen-bond donors (Lipinski definition) is 3. The first kappa shape index (κ1) is 71.9. The first-order valence-electron chi connectivity index (χ1n) is 38.3. The second kappa shape index (κ2) is 30.2. The lowest BCUT2D eigenvalue weighted by atomic mass is 9.88. The number of rotatable bonds is 18. The molecule has 0 unspecified atom stereocenters. The van der Waals surface area contributed by atoms with E-state index in [-0.39, 0.29) is 53.4 Å². The van der Waals surface area contributed by atoms with E-state index in [1.807, 2.05) is 176 Å². The third-order valence-corrected chi connectivity index (χ3v) is 23.3. The highest BCUT2D eigenvalue weighted by Gasteiger charge is 2.54. The SMILES string of the molecule is Cc1ccccc1-c1ccc(CC(=O)C2(c3ccc4c(c3)OCO4)CC2)nc1.O=C(Cc1ccc(-c2ccncc2Cl)cn1)C1(c2ccc3c(c2)OCO3)CC1.O=C(Nc1cccc(-c2ccc3[nH]ccc3c2)n1)C1(c2ccc3c(c2)OCO3)CC1.O=C(Nc1cccc(C2=CCCCC2)n1)C1(c2ccc3c(c2)OCO3)CC1.[HH].[HH]. The fourth-order valence-corrected chi connectivity index (χ4v) is 15.9. The summed E-state index contributed by atoms with van der Waals surface area (Å²) in [6.45, 7) is 3.04. The molecule has 2 amide bonds. The second-order valence-corrected chi connectivity index (χ2v) is 30.4. The molecule has 12 aromatic rings. The number of Topliss-reactive ketones (excluding diaryl/α,β-unsaturated/α-hetero) is 2. The topological polar surface area (TPSA) is 246 Å². The number of fused-ring (bicyclic) bond motifs is 5. The van der Waals surface area contributed by atoms with Crippen molar-refractivity contribution in [2.45, 2.75) is 118 Å². The number of carbonyl (C=O) groups is 4. The van der Waals surface area contributed by atoms with Gasteiger partial charge in [0.05, 0.1) is 38.1 Å². The van der Waals surface area contributed by atoms with Crippen molar-refractivity contribution in [3.05, 3.63) is 275 Å². The number of halogens is 1. The van der Waals surface area contributed by atoms with Gasteiger partial charge >= 0.3 is 0 Å². The maximum absolute atomic E-state index is 13.2. The number of aryl methyl sites for hydroxylation is 1. The predicted molar refractivity (Wildman–Crippen MR) is 432 cm³/mol. The Kier molecular flexibility index (Phi) is 19.2. The Balaban J connectivity index is 0.000000115. The molecule has 3 N–H and O–H groups in total. The van der Waals surface area contributed by atoms with Crippen molar-refractivity contribution in [2.75, 3.05) is 37.8 Å². The van der Waals surface area contributed by atoms with Crippen LogP contribution in [0.15, 0.2) is 225 Å². The summed E-state index contributed by atoms with van der Waals surface area (Å²) in [6.07, 6.45) is 23.2. The molecule has 9 aliphatic rings. The number of aromatic amines is 1. The summed E-state index contributed by atoms with van der Waals surface area (Å²) in [5.41, 5.74) is 14.1. The highest BCUT2D eigenvalue weighted by Crippen LogP contribution is 2.55. The number of H-pyrrole nitrogens is 1. The van der Waals surface area contributed by atoms with Crippen LogP contribution in [0.3, 0.4) is 0 Å². The van der Waals surface area contributed by atoms with E-state index in [0.717, 1.165) is 177 Å². The number of nitrogens with one attached hydrogen (secondary N) is 3. The average Bonchev–Trinajstić information content (AvgIpc) is 1.61. The number of hydrogen-bond acceptors (Lipinski definition) is 17. The maximum Gasteiger partial charge on any atom is 0.236 e. The van der Waals surface area contributed by atoms with Crippen LogP contribution in [-0.2, 0) is 53.7 Å². The summed E-state index contributed by atoms with van der Waals surface area (Å²) in [6, 6.07) is 60.9. The molecule has 10 heterocycles. The van der Waals surface area contributed by atoms with Crippen molar-refractivity contribution in [2.24, 2.45) is 0 Å². The van der Waals surface area contributed by atoms with Gasteiger partial charge in [-0.3, -0.25) is 34.1 Å². The molecule has 0 bridgehead atoms. The number of anilines is 2. The Labute approximate surface area is 660 Å². The van der Waals surface area contributed by atoms with E-state index in [4.69, 9.17) is 49.5 Å². The normalized spacial score (nSPS) is 16.8. The van der Waals surface area contributed by atoms with Crippen LogP contribution in [0.5, 0.6) is 46.0 Å². The molecule has 4 aliphatic heterocycles. The van der Waals surface area contributed by atoms with E-state index in [0.29, 0.717) is 41.0 Å². The molecule has 113 heavy (non-hydrogen) atoms. The third-order valence-electron chi connectivity index (χ3n) is 23.0. The zero-order valence-corrected chi connectivity index (χ0v) is 62.9. The summed E-state index contributed by atoms with van der Waals surface area (Å²) >= 11 is 6.20. The first-order chi connectivity index (χ1) is 55.3. The van der Waals surface area contributed by atoms with Crippen LogP contribution in [0.25, 0.3) is 50.0 Å². The van der Waals surface area contributed by atoms with E-state index in [1.54, 1.807) is 18.6 Å². The minimum absolute atomic E-state index is 0.